The van der Waals surface area contributed by atoms with Gasteiger partial charge in [-0.3, -0.25) is 0 Å². The van der Waals surface area contributed by atoms with Gasteiger partial charge in [-0.2, -0.15) is 0 Å². The van der Waals surface area contributed by atoms with E-state index in [2.05, 4.69) is 41.5 Å². The van der Waals surface area contributed by atoms with Crippen molar-refractivity contribution in [1.29, 1.82) is 0 Å². The number of hydrogen-bond donors (Lipinski definition) is 0. The third-order valence-corrected chi connectivity index (χ3v) is 2.87. The Labute approximate surface area is 108 Å². The van der Waals surface area contributed by atoms with E-state index in [1.54, 1.807) is 14.2 Å². The Hall–Kier alpha value is -0.0800. The van der Waals surface area contributed by atoms with Crippen LogP contribution in [0.15, 0.2) is 0 Å². The molecule has 2 nitrogen and oxygen atoms in total. The molecule has 0 fully saturated rings. The topological polar surface area (TPSA) is 18.5 Å². The Morgan fingerprint density at radius 2 is 1.00 bits per heavy atom. The van der Waals surface area contributed by atoms with Gasteiger partial charge in [-0.05, 0) is 30.1 Å². The minimum Gasteiger partial charge on any atom is -0.381 e. The highest BCUT2D eigenvalue weighted by Gasteiger charge is 2.25. The molecule has 0 aliphatic carbocycles. The van der Waals surface area contributed by atoms with Crippen LogP contribution in [0.1, 0.15) is 60.8 Å². The molecule has 0 rings (SSSR count). The van der Waals surface area contributed by atoms with Crippen LogP contribution >= 0.6 is 0 Å². The lowest BCUT2D eigenvalue weighted by Crippen LogP contribution is -2.28. The maximum absolute atomic E-state index is 5.59. The molecular weight excluding hydrogens is 212 g/mol. The number of hydrogen-bond acceptors (Lipinski definition) is 2. The van der Waals surface area contributed by atoms with Crippen molar-refractivity contribution in [3.05, 3.63) is 0 Å². The van der Waals surface area contributed by atoms with Gasteiger partial charge in [0.15, 0.2) is 0 Å². The van der Waals surface area contributed by atoms with Gasteiger partial charge in [-0.25, -0.2) is 0 Å². The standard InChI is InChI=1S/C15H32O2/c1-14(2,3)10-12(16-7)9-13(17-8)11-15(4,5)6/h12-13H,9-11H2,1-8H3/t12-,13?/m1/s1. The molecular formula is C15H32O2. The first-order chi connectivity index (χ1) is 7.57. The molecule has 104 valence electrons. The van der Waals surface area contributed by atoms with Crippen LogP contribution in [0.4, 0.5) is 0 Å². The first-order valence-electron chi connectivity index (χ1n) is 6.63. The number of ether oxygens (including phenoxy) is 2. The van der Waals surface area contributed by atoms with E-state index in [-0.39, 0.29) is 0 Å². The summed E-state index contributed by atoms with van der Waals surface area (Å²) in [6.45, 7) is 13.5. The zero-order valence-electron chi connectivity index (χ0n) is 13.1. The van der Waals surface area contributed by atoms with Gasteiger partial charge in [0.2, 0.25) is 0 Å². The van der Waals surface area contributed by atoms with Gasteiger partial charge in [-0.15, -0.1) is 0 Å². The summed E-state index contributed by atoms with van der Waals surface area (Å²) >= 11 is 0. The maximum atomic E-state index is 5.59. The second-order valence-electron chi connectivity index (χ2n) is 7.48. The van der Waals surface area contributed by atoms with Crippen molar-refractivity contribution in [3.8, 4) is 0 Å². The molecule has 0 saturated heterocycles. The molecule has 2 heteroatoms. The molecule has 0 aromatic heterocycles. The summed E-state index contributed by atoms with van der Waals surface area (Å²) in [4.78, 5) is 0. The summed E-state index contributed by atoms with van der Waals surface area (Å²) < 4.78 is 11.2. The van der Waals surface area contributed by atoms with E-state index in [0.29, 0.717) is 23.0 Å². The van der Waals surface area contributed by atoms with Gasteiger partial charge < -0.3 is 9.47 Å². The van der Waals surface area contributed by atoms with Crippen molar-refractivity contribution >= 4 is 0 Å². The third-order valence-electron chi connectivity index (χ3n) is 2.87. The van der Waals surface area contributed by atoms with Gasteiger partial charge in [0.1, 0.15) is 0 Å². The minimum atomic E-state index is 0.294. The molecule has 1 unspecified atom stereocenters. The van der Waals surface area contributed by atoms with Gasteiger partial charge in [-0.1, -0.05) is 41.5 Å². The molecule has 0 radical (unpaired) electrons. The van der Waals surface area contributed by atoms with E-state index < -0.39 is 0 Å². The van der Waals surface area contributed by atoms with Crippen LogP contribution in [0.5, 0.6) is 0 Å². The second-order valence-corrected chi connectivity index (χ2v) is 7.48. The Morgan fingerprint density at radius 3 is 1.18 bits per heavy atom. The van der Waals surface area contributed by atoms with Crippen LogP contribution in [0.25, 0.3) is 0 Å². The predicted molar refractivity (Wildman–Crippen MR) is 74.4 cm³/mol. The van der Waals surface area contributed by atoms with Crippen molar-refractivity contribution in [2.24, 2.45) is 10.8 Å². The summed E-state index contributed by atoms with van der Waals surface area (Å²) in [5, 5.41) is 0. The summed E-state index contributed by atoms with van der Waals surface area (Å²) in [6.07, 6.45) is 3.73. The Morgan fingerprint density at radius 1 is 0.706 bits per heavy atom. The van der Waals surface area contributed by atoms with Crippen molar-refractivity contribution in [2.75, 3.05) is 14.2 Å². The van der Waals surface area contributed by atoms with Gasteiger partial charge >= 0.3 is 0 Å². The summed E-state index contributed by atoms with van der Waals surface area (Å²) in [6, 6.07) is 0. The van der Waals surface area contributed by atoms with Crippen molar-refractivity contribution in [3.63, 3.8) is 0 Å². The normalized spacial score (nSPS) is 16.9. The smallest absolute Gasteiger partial charge is 0.0601 e. The highest BCUT2D eigenvalue weighted by atomic mass is 16.5. The summed E-state index contributed by atoms with van der Waals surface area (Å²) in [5.74, 6) is 0. The highest BCUT2D eigenvalue weighted by Crippen LogP contribution is 2.29. The third kappa shape index (κ3) is 9.61. The molecule has 0 aromatic rings. The SMILES string of the molecule is COC(C[C@H](CC(C)(C)C)OC)CC(C)(C)C. The molecule has 0 saturated carbocycles. The maximum Gasteiger partial charge on any atom is 0.0601 e. The largest absolute Gasteiger partial charge is 0.381 e. The molecule has 0 aliphatic heterocycles. The van der Waals surface area contributed by atoms with E-state index >= 15 is 0 Å². The summed E-state index contributed by atoms with van der Waals surface area (Å²) in [5.41, 5.74) is 0.613. The molecule has 17 heavy (non-hydrogen) atoms. The zero-order chi connectivity index (χ0) is 13.7. The van der Waals surface area contributed by atoms with Crippen molar-refractivity contribution in [1.82, 2.24) is 0 Å². The molecule has 0 N–H and O–H groups in total. The van der Waals surface area contributed by atoms with E-state index in [1.807, 2.05) is 0 Å². The van der Waals surface area contributed by atoms with E-state index in [0.717, 1.165) is 19.3 Å². The Balaban J connectivity index is 4.32. The quantitative estimate of drug-likeness (QED) is 0.694. The Bertz CT molecular complexity index is 176. The molecule has 2 atom stereocenters. The molecule has 0 amide bonds. The van der Waals surface area contributed by atoms with Gasteiger partial charge in [0.05, 0.1) is 12.2 Å². The average Bonchev–Trinajstić information content (AvgIpc) is 2.11. The van der Waals surface area contributed by atoms with Crippen molar-refractivity contribution < 1.29 is 9.47 Å². The van der Waals surface area contributed by atoms with Crippen LogP contribution in [-0.2, 0) is 9.47 Å². The fourth-order valence-corrected chi connectivity index (χ4v) is 2.19. The lowest BCUT2D eigenvalue weighted by molar-refractivity contribution is -0.00935. The highest BCUT2D eigenvalue weighted by molar-refractivity contribution is 4.76. The average molecular weight is 244 g/mol. The van der Waals surface area contributed by atoms with E-state index in [9.17, 15) is 0 Å². The lowest BCUT2D eigenvalue weighted by Gasteiger charge is -2.30. The van der Waals surface area contributed by atoms with Crippen LogP contribution in [0, 0.1) is 10.8 Å². The minimum absolute atomic E-state index is 0.294. The van der Waals surface area contributed by atoms with Crippen molar-refractivity contribution in [2.45, 2.75) is 73.0 Å². The molecule has 0 aliphatic rings. The van der Waals surface area contributed by atoms with Crippen LogP contribution in [0.3, 0.4) is 0 Å². The van der Waals surface area contributed by atoms with Crippen LogP contribution in [0.2, 0.25) is 0 Å². The van der Waals surface area contributed by atoms with E-state index in [4.69, 9.17) is 9.47 Å². The number of rotatable bonds is 6. The monoisotopic (exact) mass is 244 g/mol. The lowest BCUT2D eigenvalue weighted by atomic mass is 9.84. The first-order valence-corrected chi connectivity index (χ1v) is 6.63. The van der Waals surface area contributed by atoms with Crippen LogP contribution in [-0.4, -0.2) is 26.4 Å². The predicted octanol–water partition coefficient (Wildman–Crippen LogP) is 4.28. The zero-order valence-corrected chi connectivity index (χ0v) is 13.1. The van der Waals surface area contributed by atoms with Gasteiger partial charge in [0, 0.05) is 14.2 Å². The molecule has 0 bridgehead atoms. The van der Waals surface area contributed by atoms with Gasteiger partial charge in [0.25, 0.3) is 0 Å². The first kappa shape index (κ1) is 16.9. The molecule has 0 heterocycles. The molecule has 0 spiro atoms. The molecule has 0 aromatic carbocycles. The fraction of sp³-hybridized carbons (Fsp3) is 1.00. The number of methoxy groups -OCH3 is 2. The fourth-order valence-electron chi connectivity index (χ4n) is 2.19. The van der Waals surface area contributed by atoms with Crippen LogP contribution < -0.4 is 0 Å². The Kier molecular flexibility index (Phi) is 6.71. The second kappa shape index (κ2) is 6.75. The summed E-state index contributed by atoms with van der Waals surface area (Å²) in [7, 11) is 3.61. The van der Waals surface area contributed by atoms with E-state index in [1.165, 1.54) is 0 Å².